The number of benzene rings is 1. The molecule has 1 aromatic rings. The van der Waals surface area contributed by atoms with Crippen LogP contribution in [0.1, 0.15) is 22.8 Å². The molecule has 5 heteroatoms. The lowest BCUT2D eigenvalue weighted by Crippen LogP contribution is -2.19. The molecular weight excluding hydrogens is 225 g/mol. The first-order valence-electron chi connectivity index (χ1n) is 4.95. The summed E-state index contributed by atoms with van der Waals surface area (Å²) in [6, 6.07) is 3.85. The zero-order valence-corrected chi connectivity index (χ0v) is 9.24. The average molecular weight is 237 g/mol. The van der Waals surface area contributed by atoms with Crippen LogP contribution < -0.4 is 5.32 Å². The number of aromatic carboxylic acids is 1. The van der Waals surface area contributed by atoms with E-state index in [1.54, 1.807) is 0 Å². The van der Waals surface area contributed by atoms with Gasteiger partial charge in [0.25, 0.3) is 0 Å². The number of carbonyl (C=O) groups is 2. The zero-order chi connectivity index (χ0) is 12.8. The number of nitrogens with one attached hydrogen (secondary N) is 1. The molecule has 0 aliphatic rings. The number of halogens is 1. The first-order valence-corrected chi connectivity index (χ1v) is 4.95. The summed E-state index contributed by atoms with van der Waals surface area (Å²) >= 11 is 0. The Balaban J connectivity index is 2.89. The van der Waals surface area contributed by atoms with Gasteiger partial charge in [0.1, 0.15) is 5.82 Å². The number of hydrogen-bond acceptors (Lipinski definition) is 2. The second kappa shape index (κ2) is 5.79. The number of carbonyl (C=O) groups excluding carboxylic acids is 1. The van der Waals surface area contributed by atoms with E-state index in [1.165, 1.54) is 37.3 Å². The maximum Gasteiger partial charge on any atom is 0.336 e. The van der Waals surface area contributed by atoms with Gasteiger partial charge in [-0.1, -0.05) is 18.2 Å². The summed E-state index contributed by atoms with van der Waals surface area (Å²) in [4.78, 5) is 21.4. The number of amides is 1. The van der Waals surface area contributed by atoms with Crippen molar-refractivity contribution in [2.45, 2.75) is 6.92 Å². The molecule has 0 saturated carbocycles. The van der Waals surface area contributed by atoms with Crippen LogP contribution in [0.3, 0.4) is 0 Å². The Labute approximate surface area is 97.8 Å². The van der Waals surface area contributed by atoms with Crippen molar-refractivity contribution in [3.63, 3.8) is 0 Å². The molecule has 4 nitrogen and oxygen atoms in total. The van der Waals surface area contributed by atoms with E-state index < -0.39 is 11.8 Å². The Hall–Kier alpha value is -2.17. The van der Waals surface area contributed by atoms with E-state index in [0.29, 0.717) is 0 Å². The highest BCUT2D eigenvalue weighted by atomic mass is 19.1. The summed E-state index contributed by atoms with van der Waals surface area (Å²) in [6.07, 6.45) is 2.83. The highest BCUT2D eigenvalue weighted by molar-refractivity contribution is 5.92. The van der Waals surface area contributed by atoms with E-state index in [0.717, 1.165) is 0 Å². The molecule has 1 rings (SSSR count). The molecule has 17 heavy (non-hydrogen) atoms. The van der Waals surface area contributed by atoms with E-state index in [9.17, 15) is 14.0 Å². The number of rotatable bonds is 4. The van der Waals surface area contributed by atoms with Crippen LogP contribution >= 0.6 is 0 Å². The van der Waals surface area contributed by atoms with Gasteiger partial charge in [-0.2, -0.15) is 0 Å². The normalized spacial score (nSPS) is 10.5. The summed E-state index contributed by atoms with van der Waals surface area (Å²) in [5, 5.41) is 11.4. The lowest BCUT2D eigenvalue weighted by Gasteiger charge is -2.02. The average Bonchev–Trinajstić information content (AvgIpc) is 2.25. The Kier molecular flexibility index (Phi) is 4.39. The second-order valence-electron chi connectivity index (χ2n) is 3.35. The summed E-state index contributed by atoms with van der Waals surface area (Å²) in [7, 11) is 0. The van der Waals surface area contributed by atoms with Gasteiger partial charge in [-0.05, 0) is 12.1 Å². The van der Waals surface area contributed by atoms with Gasteiger partial charge in [0.05, 0.1) is 5.56 Å². The quantitative estimate of drug-likeness (QED) is 0.837. The maximum absolute atomic E-state index is 13.4. The summed E-state index contributed by atoms with van der Waals surface area (Å²) in [5.74, 6) is -2.01. The smallest absolute Gasteiger partial charge is 0.336 e. The third kappa shape index (κ3) is 3.71. The van der Waals surface area contributed by atoms with Crippen molar-refractivity contribution in [3.8, 4) is 0 Å². The molecule has 0 aliphatic heterocycles. The Morgan fingerprint density at radius 3 is 2.76 bits per heavy atom. The Bertz CT molecular complexity index is 469. The molecule has 0 radical (unpaired) electrons. The van der Waals surface area contributed by atoms with Crippen molar-refractivity contribution in [2.75, 3.05) is 6.54 Å². The largest absolute Gasteiger partial charge is 0.478 e. The number of carboxylic acids is 1. The first-order chi connectivity index (χ1) is 8.02. The molecule has 2 N–H and O–H groups in total. The molecule has 0 heterocycles. The van der Waals surface area contributed by atoms with Crippen LogP contribution in [0, 0.1) is 5.82 Å². The van der Waals surface area contributed by atoms with E-state index >= 15 is 0 Å². The minimum atomic E-state index is -1.19. The molecule has 0 spiro atoms. The maximum atomic E-state index is 13.4. The van der Waals surface area contributed by atoms with E-state index in [4.69, 9.17) is 5.11 Å². The summed E-state index contributed by atoms with van der Waals surface area (Å²) in [5.41, 5.74) is -0.102. The van der Waals surface area contributed by atoms with Gasteiger partial charge >= 0.3 is 5.97 Å². The standard InChI is InChI=1S/C12H12FNO3/c1-8(15)14-7-3-5-9-10(12(16)17)4-2-6-11(9)13/h2-6H,7H2,1H3,(H,14,15)(H,16,17). The Morgan fingerprint density at radius 1 is 1.47 bits per heavy atom. The van der Waals surface area contributed by atoms with Crippen LogP contribution in [-0.4, -0.2) is 23.5 Å². The minimum Gasteiger partial charge on any atom is -0.478 e. The number of carboxylic acid groups (broad SMARTS) is 1. The van der Waals surface area contributed by atoms with Crippen molar-refractivity contribution >= 4 is 18.0 Å². The van der Waals surface area contributed by atoms with Gasteiger partial charge in [-0.15, -0.1) is 0 Å². The molecule has 0 unspecified atom stereocenters. The highest BCUT2D eigenvalue weighted by Gasteiger charge is 2.11. The predicted molar refractivity (Wildman–Crippen MR) is 61.1 cm³/mol. The first kappa shape index (κ1) is 12.9. The van der Waals surface area contributed by atoms with Crippen molar-refractivity contribution in [2.24, 2.45) is 0 Å². The molecule has 0 aliphatic carbocycles. The third-order valence-corrected chi connectivity index (χ3v) is 2.04. The van der Waals surface area contributed by atoms with Crippen molar-refractivity contribution in [1.29, 1.82) is 0 Å². The van der Waals surface area contributed by atoms with Crippen molar-refractivity contribution in [1.82, 2.24) is 5.32 Å². The van der Waals surface area contributed by atoms with E-state index in [2.05, 4.69) is 5.32 Å². The molecule has 0 bridgehead atoms. The molecule has 90 valence electrons. The van der Waals surface area contributed by atoms with E-state index in [-0.39, 0.29) is 23.6 Å². The second-order valence-corrected chi connectivity index (χ2v) is 3.35. The number of hydrogen-bond donors (Lipinski definition) is 2. The van der Waals surface area contributed by atoms with Crippen LogP contribution in [0.25, 0.3) is 6.08 Å². The van der Waals surface area contributed by atoms with Crippen molar-refractivity contribution < 1.29 is 19.1 Å². The molecule has 1 aromatic carbocycles. The fraction of sp³-hybridized carbons (Fsp3) is 0.167. The van der Waals surface area contributed by atoms with Gasteiger partial charge in [-0.25, -0.2) is 9.18 Å². The lowest BCUT2D eigenvalue weighted by molar-refractivity contribution is -0.118. The van der Waals surface area contributed by atoms with Crippen LogP contribution in [0.2, 0.25) is 0 Å². The third-order valence-electron chi connectivity index (χ3n) is 2.04. The highest BCUT2D eigenvalue weighted by Crippen LogP contribution is 2.15. The van der Waals surface area contributed by atoms with Crippen LogP contribution in [-0.2, 0) is 4.79 Å². The fourth-order valence-corrected chi connectivity index (χ4v) is 1.27. The van der Waals surface area contributed by atoms with Crippen LogP contribution in [0.5, 0.6) is 0 Å². The monoisotopic (exact) mass is 237 g/mol. The molecule has 1 amide bonds. The van der Waals surface area contributed by atoms with Crippen molar-refractivity contribution in [3.05, 3.63) is 41.2 Å². The SMILES string of the molecule is CC(=O)NCC=Cc1c(F)cccc1C(=O)O. The lowest BCUT2D eigenvalue weighted by atomic mass is 10.1. The topological polar surface area (TPSA) is 66.4 Å². The molecule has 0 fully saturated rings. The predicted octanol–water partition coefficient (Wildman–Crippen LogP) is 1.67. The van der Waals surface area contributed by atoms with E-state index in [1.807, 2.05) is 0 Å². The van der Waals surface area contributed by atoms with Gasteiger partial charge < -0.3 is 10.4 Å². The molecule has 0 saturated heterocycles. The zero-order valence-electron chi connectivity index (χ0n) is 9.24. The molecular formula is C12H12FNO3. The van der Waals surface area contributed by atoms with Gasteiger partial charge in [-0.3, -0.25) is 4.79 Å². The summed E-state index contributed by atoms with van der Waals surface area (Å²) < 4.78 is 13.4. The van der Waals surface area contributed by atoms with Gasteiger partial charge in [0.2, 0.25) is 5.91 Å². The fourth-order valence-electron chi connectivity index (χ4n) is 1.27. The molecule has 0 atom stereocenters. The van der Waals surface area contributed by atoms with Gasteiger partial charge in [0, 0.05) is 19.0 Å². The van der Waals surface area contributed by atoms with Gasteiger partial charge in [0.15, 0.2) is 0 Å². The van der Waals surface area contributed by atoms with Crippen LogP contribution in [0.15, 0.2) is 24.3 Å². The Morgan fingerprint density at radius 2 is 2.18 bits per heavy atom. The molecule has 0 aromatic heterocycles. The van der Waals surface area contributed by atoms with Crippen LogP contribution in [0.4, 0.5) is 4.39 Å². The minimum absolute atomic E-state index is 0.00496. The summed E-state index contributed by atoms with van der Waals surface area (Å²) in [6.45, 7) is 1.59.